The molecule has 1 aromatic heterocycles. The summed E-state index contributed by atoms with van der Waals surface area (Å²) in [5.41, 5.74) is 7.54. The van der Waals surface area contributed by atoms with Gasteiger partial charge in [0, 0.05) is 30.1 Å². The lowest BCUT2D eigenvalue weighted by Gasteiger charge is -2.27. The number of benzene rings is 1. The third-order valence-electron chi connectivity index (χ3n) is 3.92. The number of thiazole rings is 1. The second-order valence-electron chi connectivity index (χ2n) is 6.16. The lowest BCUT2D eigenvalue weighted by atomic mass is 10.2. The molecule has 11 heteroatoms. The zero-order valence-corrected chi connectivity index (χ0v) is 16.5. The van der Waals surface area contributed by atoms with E-state index in [4.69, 9.17) is 10.8 Å². The minimum absolute atomic E-state index is 0.191. The number of nitrogens with one attached hydrogen (secondary N) is 2. The molecule has 1 atom stereocenters. The third-order valence-corrected chi connectivity index (χ3v) is 5.80. The van der Waals surface area contributed by atoms with Gasteiger partial charge < -0.3 is 25.8 Å². The number of anilines is 1. The number of nitrogen functional groups attached to an aromatic ring is 1. The van der Waals surface area contributed by atoms with Crippen molar-refractivity contribution >= 4 is 40.2 Å². The second-order valence-corrected chi connectivity index (χ2v) is 8.29. The lowest BCUT2D eigenvalue weighted by Crippen LogP contribution is -2.38. The average Bonchev–Trinajstić information content (AvgIpc) is 3.02. The van der Waals surface area contributed by atoms with Crippen molar-refractivity contribution in [1.29, 1.82) is 0 Å². The molecule has 0 fully saturated rings. The molecule has 0 saturated heterocycles. The van der Waals surface area contributed by atoms with Crippen LogP contribution in [0.4, 0.5) is 18.7 Å². The Morgan fingerprint density at radius 3 is 3.04 bits per heavy atom. The van der Waals surface area contributed by atoms with E-state index in [1.54, 1.807) is 6.07 Å². The fraction of sp³-hybridized carbons (Fsp3) is 0.294. The normalized spacial score (nSPS) is 14.2. The summed E-state index contributed by atoms with van der Waals surface area (Å²) in [6, 6.07) is 3.93. The number of nitrogens with two attached hydrogens (primary N) is 1. The number of hydrogen-bond donors (Lipinski definition) is 4. The van der Waals surface area contributed by atoms with Crippen molar-refractivity contribution in [2.45, 2.75) is 25.3 Å². The van der Waals surface area contributed by atoms with Crippen molar-refractivity contribution in [2.24, 2.45) is 0 Å². The molecular formula is C17H19F2N5O2S2. The van der Waals surface area contributed by atoms with Crippen LogP contribution in [0.1, 0.15) is 23.1 Å². The zero-order valence-electron chi connectivity index (χ0n) is 14.9. The first kappa shape index (κ1) is 20.2. The van der Waals surface area contributed by atoms with Gasteiger partial charge in [-0.25, -0.2) is 18.6 Å². The molecule has 0 radical (unpaired) electrons. The standard InChI is InChI=1S/C17H19F2N5O2S2/c1-9(5-21-17(25)26)22-12-6-24(7-13-15(12)23-16(20)28-13)27-8-10-3-2-4-11(18)14(10)19/h2-4,6,9,21-22H,5,7-8H2,1H3,(H2,20,23)(H,25,26)/t9-/m1/s1. The Balaban J connectivity index is 1.73. The Morgan fingerprint density at radius 1 is 1.50 bits per heavy atom. The highest BCUT2D eigenvalue weighted by molar-refractivity contribution is 7.96. The SMILES string of the molecule is C[C@H](CNC(=O)O)NC1=CN(SCc2cccc(F)c2F)Cc2sc(N)nc21. The maximum Gasteiger partial charge on any atom is 0.404 e. The van der Waals surface area contributed by atoms with Crippen LogP contribution >= 0.6 is 23.3 Å². The molecule has 2 aromatic rings. The number of aromatic nitrogens is 1. The van der Waals surface area contributed by atoms with Gasteiger partial charge in [-0.15, -0.1) is 0 Å². The van der Waals surface area contributed by atoms with Crippen molar-refractivity contribution in [3.8, 4) is 0 Å². The number of amides is 1. The zero-order chi connectivity index (χ0) is 20.3. The summed E-state index contributed by atoms with van der Waals surface area (Å²) in [5, 5.41) is 14.7. The van der Waals surface area contributed by atoms with Gasteiger partial charge in [-0.1, -0.05) is 23.5 Å². The summed E-state index contributed by atoms with van der Waals surface area (Å²) < 4.78 is 29.2. The number of carboxylic acid groups (broad SMARTS) is 1. The first-order valence-electron chi connectivity index (χ1n) is 8.36. The van der Waals surface area contributed by atoms with E-state index in [-0.39, 0.29) is 23.9 Å². The highest BCUT2D eigenvalue weighted by Crippen LogP contribution is 2.35. The van der Waals surface area contributed by atoms with Crippen LogP contribution in [-0.2, 0) is 12.3 Å². The second kappa shape index (κ2) is 8.65. The monoisotopic (exact) mass is 427 g/mol. The van der Waals surface area contributed by atoms with Crippen LogP contribution in [0, 0.1) is 11.6 Å². The fourth-order valence-electron chi connectivity index (χ4n) is 2.64. The van der Waals surface area contributed by atoms with Crippen molar-refractivity contribution in [3.05, 3.63) is 52.2 Å². The quantitative estimate of drug-likeness (QED) is 0.503. The molecule has 1 aliphatic rings. The van der Waals surface area contributed by atoms with E-state index in [0.29, 0.717) is 17.4 Å². The van der Waals surface area contributed by atoms with Gasteiger partial charge in [0.25, 0.3) is 0 Å². The molecule has 0 unspecified atom stereocenters. The van der Waals surface area contributed by atoms with Crippen LogP contribution in [0.15, 0.2) is 24.4 Å². The Labute approximate surface area is 168 Å². The van der Waals surface area contributed by atoms with Gasteiger partial charge in [0.05, 0.1) is 17.1 Å². The van der Waals surface area contributed by atoms with Crippen molar-refractivity contribution < 1.29 is 18.7 Å². The molecule has 0 spiro atoms. The van der Waals surface area contributed by atoms with Crippen LogP contribution in [-0.4, -0.2) is 33.1 Å². The van der Waals surface area contributed by atoms with Crippen LogP contribution in [0.5, 0.6) is 0 Å². The summed E-state index contributed by atoms with van der Waals surface area (Å²) in [7, 11) is 0. The Kier molecular flexibility index (Phi) is 6.25. The molecule has 5 N–H and O–H groups in total. The Bertz CT molecular complexity index is 906. The molecule has 1 amide bonds. The lowest BCUT2D eigenvalue weighted by molar-refractivity contribution is 0.193. The van der Waals surface area contributed by atoms with Gasteiger partial charge in [0.15, 0.2) is 16.8 Å². The molecule has 1 aliphatic heterocycles. The molecule has 0 saturated carbocycles. The van der Waals surface area contributed by atoms with Crippen molar-refractivity contribution in [3.63, 3.8) is 0 Å². The van der Waals surface area contributed by atoms with E-state index in [0.717, 1.165) is 16.6 Å². The topological polar surface area (TPSA) is 104 Å². The fourth-order valence-corrected chi connectivity index (χ4v) is 4.49. The minimum atomic E-state index is -1.10. The van der Waals surface area contributed by atoms with E-state index in [1.165, 1.54) is 29.4 Å². The molecule has 2 heterocycles. The smallest absolute Gasteiger partial charge is 0.404 e. The van der Waals surface area contributed by atoms with Gasteiger partial charge in [0.2, 0.25) is 0 Å². The molecule has 0 aliphatic carbocycles. The number of rotatable bonds is 7. The number of carbonyl (C=O) groups is 1. The molecule has 7 nitrogen and oxygen atoms in total. The first-order chi connectivity index (χ1) is 13.3. The average molecular weight is 428 g/mol. The van der Waals surface area contributed by atoms with Crippen LogP contribution in [0.3, 0.4) is 0 Å². The summed E-state index contributed by atoms with van der Waals surface area (Å²) in [5.74, 6) is -1.45. The molecule has 0 bridgehead atoms. The molecule has 3 rings (SSSR count). The van der Waals surface area contributed by atoms with Gasteiger partial charge in [0.1, 0.15) is 5.69 Å². The summed E-state index contributed by atoms with van der Waals surface area (Å²) in [6.07, 6.45) is 0.722. The van der Waals surface area contributed by atoms with E-state index in [1.807, 2.05) is 17.4 Å². The Morgan fingerprint density at radius 2 is 2.29 bits per heavy atom. The maximum atomic E-state index is 13.9. The Hall–Kier alpha value is -2.53. The van der Waals surface area contributed by atoms with Crippen LogP contribution in [0.2, 0.25) is 0 Å². The summed E-state index contributed by atoms with van der Waals surface area (Å²) in [4.78, 5) is 16.0. The van der Waals surface area contributed by atoms with Crippen LogP contribution < -0.4 is 16.4 Å². The van der Waals surface area contributed by atoms with Gasteiger partial charge in [-0.2, -0.15) is 0 Å². The van der Waals surface area contributed by atoms with E-state index in [2.05, 4.69) is 15.6 Å². The predicted molar refractivity (Wildman–Crippen MR) is 106 cm³/mol. The summed E-state index contributed by atoms with van der Waals surface area (Å²) in [6.45, 7) is 2.57. The maximum absolute atomic E-state index is 13.9. The number of halogens is 2. The molecular weight excluding hydrogens is 408 g/mol. The van der Waals surface area contributed by atoms with Crippen molar-refractivity contribution in [2.75, 3.05) is 12.3 Å². The van der Waals surface area contributed by atoms with E-state index >= 15 is 0 Å². The number of fused-ring (bicyclic) bond motifs is 1. The molecule has 150 valence electrons. The van der Waals surface area contributed by atoms with Crippen LogP contribution in [0.25, 0.3) is 5.70 Å². The van der Waals surface area contributed by atoms with Gasteiger partial charge in [-0.05, 0) is 24.9 Å². The van der Waals surface area contributed by atoms with Gasteiger partial charge >= 0.3 is 6.09 Å². The van der Waals surface area contributed by atoms with E-state index < -0.39 is 17.7 Å². The number of nitrogens with zero attached hydrogens (tertiary/aromatic N) is 2. The largest absolute Gasteiger partial charge is 0.465 e. The highest BCUT2D eigenvalue weighted by Gasteiger charge is 2.23. The highest BCUT2D eigenvalue weighted by atomic mass is 32.2. The molecule has 28 heavy (non-hydrogen) atoms. The predicted octanol–water partition coefficient (Wildman–Crippen LogP) is 3.21. The summed E-state index contributed by atoms with van der Waals surface area (Å²) >= 11 is 2.69. The first-order valence-corrected chi connectivity index (χ1v) is 10.1. The minimum Gasteiger partial charge on any atom is -0.465 e. The van der Waals surface area contributed by atoms with Crippen molar-refractivity contribution in [1.82, 2.24) is 19.9 Å². The van der Waals surface area contributed by atoms with Gasteiger partial charge in [-0.3, -0.25) is 0 Å². The third kappa shape index (κ3) is 4.84. The molecule has 1 aromatic carbocycles. The van der Waals surface area contributed by atoms with E-state index in [9.17, 15) is 13.6 Å². The number of hydrogen-bond acceptors (Lipinski definition) is 7.